The zero-order valence-electron chi connectivity index (χ0n) is 17.5. The molecule has 1 N–H and O–H groups in total. The lowest BCUT2D eigenvalue weighted by Gasteiger charge is -2.39. The largest absolute Gasteiger partial charge is 0.502 e. The molecule has 1 aliphatic carbocycles. The first-order valence-corrected chi connectivity index (χ1v) is 10.9. The van der Waals surface area contributed by atoms with Crippen LogP contribution in [-0.4, -0.2) is 38.8 Å². The summed E-state index contributed by atoms with van der Waals surface area (Å²) in [6, 6.07) is 16.7. The second-order valence-corrected chi connectivity index (χ2v) is 8.34. The molecule has 0 fully saturated rings. The Morgan fingerprint density at radius 3 is 2.23 bits per heavy atom. The van der Waals surface area contributed by atoms with E-state index in [-0.39, 0.29) is 23.6 Å². The molecular weight excluding hydrogens is 390 g/mol. The van der Waals surface area contributed by atoms with Crippen LogP contribution in [0.4, 0.5) is 0 Å². The maximum atomic E-state index is 13.1. The van der Waals surface area contributed by atoms with Gasteiger partial charge in [0.2, 0.25) is 5.43 Å². The molecule has 1 aliphatic heterocycles. The van der Waals surface area contributed by atoms with Gasteiger partial charge in [-0.15, -0.1) is 0 Å². The Balaban J connectivity index is 1.77. The minimum Gasteiger partial charge on any atom is -0.502 e. The number of nitrogens with zero attached hydrogens (tertiary/aromatic N) is 3. The predicted molar refractivity (Wildman–Crippen MR) is 118 cm³/mol. The van der Waals surface area contributed by atoms with Gasteiger partial charge in [-0.2, -0.15) is 5.10 Å². The first kappa shape index (κ1) is 19.5. The van der Waals surface area contributed by atoms with E-state index in [0.29, 0.717) is 13.1 Å². The number of hydrogen-bond acceptors (Lipinski definition) is 4. The van der Waals surface area contributed by atoms with Gasteiger partial charge in [-0.3, -0.25) is 14.3 Å². The Morgan fingerprint density at radius 1 is 1.00 bits per heavy atom. The monoisotopic (exact) mass is 415 g/mol. The maximum Gasteiger partial charge on any atom is 0.276 e. The highest BCUT2D eigenvalue weighted by molar-refractivity contribution is 5.95. The Morgan fingerprint density at radius 2 is 1.61 bits per heavy atom. The standard InChI is InChI=1S/C25H25N3O3/c1-2-13-27-15-20(28-23(25(27)31)24(30)21(29)14-26-28)22-18-9-5-3-7-16(18)11-12-17-8-4-6-10-19(17)22/h3-10,14,20,22,30H,2,11-13,15H2,1H3. The van der Waals surface area contributed by atoms with Gasteiger partial charge in [0.15, 0.2) is 11.4 Å². The third-order valence-electron chi connectivity index (χ3n) is 6.52. The predicted octanol–water partition coefficient (Wildman–Crippen LogP) is 3.29. The summed E-state index contributed by atoms with van der Waals surface area (Å²) >= 11 is 0. The zero-order valence-corrected chi connectivity index (χ0v) is 17.5. The van der Waals surface area contributed by atoms with Crippen LogP contribution < -0.4 is 5.43 Å². The van der Waals surface area contributed by atoms with Gasteiger partial charge in [0.1, 0.15) is 0 Å². The fourth-order valence-corrected chi connectivity index (χ4v) is 5.14. The zero-order chi connectivity index (χ0) is 21.5. The van der Waals surface area contributed by atoms with Crippen LogP contribution in [0.5, 0.6) is 5.75 Å². The number of carbonyl (C=O) groups excluding carboxylic acids is 1. The van der Waals surface area contributed by atoms with Crippen molar-refractivity contribution < 1.29 is 9.90 Å². The summed E-state index contributed by atoms with van der Waals surface area (Å²) in [5, 5.41) is 14.9. The van der Waals surface area contributed by atoms with Crippen molar-refractivity contribution in [3.05, 3.63) is 92.9 Å². The molecule has 6 heteroatoms. The van der Waals surface area contributed by atoms with E-state index < -0.39 is 11.2 Å². The number of amides is 1. The highest BCUT2D eigenvalue weighted by atomic mass is 16.3. The Kier molecular flexibility index (Phi) is 4.85. The van der Waals surface area contributed by atoms with Crippen molar-refractivity contribution in [1.82, 2.24) is 14.7 Å². The summed E-state index contributed by atoms with van der Waals surface area (Å²) in [5.74, 6) is -0.896. The lowest BCUT2D eigenvalue weighted by Crippen LogP contribution is -2.47. The summed E-state index contributed by atoms with van der Waals surface area (Å²) < 4.78 is 1.59. The van der Waals surface area contributed by atoms with Crippen molar-refractivity contribution in [2.45, 2.75) is 38.1 Å². The number of carbonyl (C=O) groups is 1. The summed E-state index contributed by atoms with van der Waals surface area (Å²) in [7, 11) is 0. The Hall–Kier alpha value is -3.41. The van der Waals surface area contributed by atoms with Crippen molar-refractivity contribution in [3.63, 3.8) is 0 Å². The summed E-state index contributed by atoms with van der Waals surface area (Å²) in [5.41, 5.74) is 4.38. The van der Waals surface area contributed by atoms with Gasteiger partial charge < -0.3 is 10.0 Å². The SMILES string of the molecule is CCCN1CC(C2c3ccccc3CCc3ccccc32)n2ncc(=O)c(O)c2C1=O. The lowest BCUT2D eigenvalue weighted by molar-refractivity contribution is 0.0634. The number of benzene rings is 2. The van der Waals surface area contributed by atoms with Crippen molar-refractivity contribution in [2.75, 3.05) is 13.1 Å². The Labute approximate surface area is 180 Å². The van der Waals surface area contributed by atoms with E-state index >= 15 is 0 Å². The molecule has 0 saturated heterocycles. The van der Waals surface area contributed by atoms with Crippen LogP contribution in [-0.2, 0) is 12.8 Å². The van der Waals surface area contributed by atoms with Gasteiger partial charge in [-0.25, -0.2) is 0 Å². The van der Waals surface area contributed by atoms with E-state index in [1.165, 1.54) is 22.3 Å². The summed E-state index contributed by atoms with van der Waals surface area (Å²) in [6.07, 6.45) is 3.80. The Bertz CT molecular complexity index is 1170. The second kappa shape index (κ2) is 7.69. The van der Waals surface area contributed by atoms with Crippen LogP contribution in [0.2, 0.25) is 0 Å². The van der Waals surface area contributed by atoms with Crippen molar-refractivity contribution in [3.8, 4) is 5.75 Å². The molecule has 158 valence electrons. The molecule has 1 unspecified atom stereocenters. The summed E-state index contributed by atoms with van der Waals surface area (Å²) in [6.45, 7) is 3.06. The molecule has 5 rings (SSSR count). The molecule has 3 aromatic rings. The van der Waals surface area contributed by atoms with E-state index in [1.54, 1.807) is 9.58 Å². The van der Waals surface area contributed by atoms with Gasteiger partial charge in [-0.05, 0) is 41.5 Å². The molecule has 31 heavy (non-hydrogen) atoms. The normalized spacial score (nSPS) is 18.2. The molecule has 2 aromatic carbocycles. The van der Waals surface area contributed by atoms with Crippen LogP contribution in [0.15, 0.2) is 59.5 Å². The minimum absolute atomic E-state index is 0.00332. The third kappa shape index (κ3) is 3.14. The molecule has 1 aromatic heterocycles. The third-order valence-corrected chi connectivity index (χ3v) is 6.52. The molecule has 6 nitrogen and oxygen atoms in total. The van der Waals surface area contributed by atoms with Crippen LogP contribution >= 0.6 is 0 Å². The first-order valence-electron chi connectivity index (χ1n) is 10.9. The quantitative estimate of drug-likeness (QED) is 0.712. The van der Waals surface area contributed by atoms with E-state index in [4.69, 9.17) is 0 Å². The van der Waals surface area contributed by atoms with Crippen LogP contribution in [0.25, 0.3) is 0 Å². The molecular formula is C25H25N3O3. The molecule has 2 heterocycles. The van der Waals surface area contributed by atoms with E-state index in [9.17, 15) is 14.7 Å². The van der Waals surface area contributed by atoms with Gasteiger partial charge in [0, 0.05) is 19.0 Å². The maximum absolute atomic E-state index is 13.1. The average Bonchev–Trinajstić information content (AvgIpc) is 2.95. The number of aryl methyl sites for hydroxylation is 2. The fourth-order valence-electron chi connectivity index (χ4n) is 5.14. The van der Waals surface area contributed by atoms with Crippen molar-refractivity contribution in [2.24, 2.45) is 0 Å². The number of hydrogen-bond donors (Lipinski definition) is 1. The van der Waals surface area contributed by atoms with Crippen LogP contribution in [0.1, 0.15) is 58.0 Å². The molecule has 2 aliphatic rings. The molecule has 0 saturated carbocycles. The highest BCUT2D eigenvalue weighted by Gasteiger charge is 2.40. The van der Waals surface area contributed by atoms with Gasteiger partial charge in [0.25, 0.3) is 5.91 Å². The minimum atomic E-state index is -0.627. The van der Waals surface area contributed by atoms with Gasteiger partial charge >= 0.3 is 0 Å². The number of aromatic hydroxyl groups is 1. The van der Waals surface area contributed by atoms with E-state index in [2.05, 4.69) is 53.6 Å². The molecule has 1 atom stereocenters. The molecule has 0 bridgehead atoms. The van der Waals surface area contributed by atoms with Crippen molar-refractivity contribution >= 4 is 5.91 Å². The van der Waals surface area contributed by atoms with Gasteiger partial charge in [-0.1, -0.05) is 55.5 Å². The molecule has 0 spiro atoms. The average molecular weight is 415 g/mol. The van der Waals surface area contributed by atoms with E-state index in [1.807, 2.05) is 6.92 Å². The number of fused-ring (bicyclic) bond motifs is 3. The van der Waals surface area contributed by atoms with Gasteiger partial charge in [0.05, 0.1) is 12.2 Å². The second-order valence-electron chi connectivity index (χ2n) is 8.34. The topological polar surface area (TPSA) is 75.4 Å². The van der Waals surface area contributed by atoms with Crippen molar-refractivity contribution in [1.29, 1.82) is 0 Å². The molecule has 1 amide bonds. The van der Waals surface area contributed by atoms with Crippen LogP contribution in [0.3, 0.4) is 0 Å². The van der Waals surface area contributed by atoms with E-state index in [0.717, 1.165) is 25.5 Å². The fraction of sp³-hybridized carbons (Fsp3) is 0.320. The smallest absolute Gasteiger partial charge is 0.276 e. The first-order chi connectivity index (χ1) is 15.1. The number of aromatic nitrogens is 2. The number of rotatable bonds is 3. The summed E-state index contributed by atoms with van der Waals surface area (Å²) in [4.78, 5) is 27.0. The van der Waals surface area contributed by atoms with Crippen LogP contribution in [0, 0.1) is 0 Å². The molecule has 0 radical (unpaired) electrons. The highest BCUT2D eigenvalue weighted by Crippen LogP contribution is 2.43. The lowest BCUT2D eigenvalue weighted by atomic mass is 9.81.